The minimum absolute atomic E-state index is 0.00269. The number of alkyl halides is 4. The van der Waals surface area contributed by atoms with E-state index >= 15 is 0 Å². The number of benzene rings is 1. The van der Waals surface area contributed by atoms with Gasteiger partial charge in [0.15, 0.2) is 0 Å². The molecule has 13 heteroatoms. The highest BCUT2D eigenvalue weighted by atomic mass is 19.4. The summed E-state index contributed by atoms with van der Waals surface area (Å²) in [7, 11) is 0. The molecule has 5 rings (SSSR count). The Morgan fingerprint density at radius 1 is 1.14 bits per heavy atom. The van der Waals surface area contributed by atoms with Gasteiger partial charge in [-0.25, -0.2) is 8.91 Å². The van der Waals surface area contributed by atoms with Gasteiger partial charge in [-0.2, -0.15) is 4.98 Å². The van der Waals surface area contributed by atoms with Gasteiger partial charge in [0.1, 0.15) is 11.7 Å². The maximum Gasteiger partial charge on any atom is 0.574 e. The molecular weight excluding hydrogens is 494 g/mol. The monoisotopic (exact) mass is 519 g/mol. The van der Waals surface area contributed by atoms with Crippen LogP contribution in [0.1, 0.15) is 20.3 Å². The minimum atomic E-state index is -5.01. The molecule has 4 aromatic rings. The average molecular weight is 520 g/mol. The minimum Gasteiger partial charge on any atom is -0.389 e. The summed E-state index contributed by atoms with van der Waals surface area (Å²) in [5.74, 6) is -0.902. The number of hydrogen-bond donors (Lipinski definition) is 2. The van der Waals surface area contributed by atoms with E-state index in [1.165, 1.54) is 16.9 Å². The van der Waals surface area contributed by atoms with Crippen molar-refractivity contribution in [3.8, 4) is 17.0 Å². The van der Waals surface area contributed by atoms with Crippen LogP contribution >= 0.6 is 0 Å². The summed E-state index contributed by atoms with van der Waals surface area (Å²) in [6.07, 6.45) is -1.44. The van der Waals surface area contributed by atoms with Crippen LogP contribution < -0.4 is 10.1 Å². The van der Waals surface area contributed by atoms with Crippen LogP contribution in [0, 0.1) is 0 Å². The zero-order valence-corrected chi connectivity index (χ0v) is 20.1. The topological polar surface area (TPSA) is 101 Å². The predicted octanol–water partition coefficient (Wildman–Crippen LogP) is 3.83. The molecular formula is C24H25F4N7O2. The Morgan fingerprint density at radius 3 is 2.59 bits per heavy atom. The van der Waals surface area contributed by atoms with E-state index < -0.39 is 30.1 Å². The molecule has 0 saturated carbocycles. The summed E-state index contributed by atoms with van der Waals surface area (Å²) >= 11 is 0. The zero-order chi connectivity index (χ0) is 26.4. The van der Waals surface area contributed by atoms with E-state index in [2.05, 4.69) is 30.1 Å². The molecule has 0 spiro atoms. The van der Waals surface area contributed by atoms with E-state index in [1.807, 2.05) is 0 Å². The van der Waals surface area contributed by atoms with Crippen molar-refractivity contribution in [2.45, 2.75) is 44.4 Å². The van der Waals surface area contributed by atoms with E-state index in [0.717, 1.165) is 0 Å². The van der Waals surface area contributed by atoms with Crippen molar-refractivity contribution in [2.75, 3.05) is 25.0 Å². The van der Waals surface area contributed by atoms with Crippen molar-refractivity contribution in [3.05, 3.63) is 42.9 Å². The normalized spacial score (nSPS) is 19.4. The van der Waals surface area contributed by atoms with E-state index in [1.54, 1.807) is 49.2 Å². The Bertz CT molecular complexity index is 1420. The number of nitrogens with zero attached hydrogens (tertiary/aromatic N) is 6. The van der Waals surface area contributed by atoms with Crippen LogP contribution in [0.5, 0.6) is 5.88 Å². The molecule has 0 unspecified atom stereocenters. The SMILES string of the molecule is CC(C)(O)CN1CC[C@H](Nc2nc(OC(F)(F)F)c3c(-c4ccc5nccnc5c4)ccn3n2)[C@H](F)C1. The lowest BCUT2D eigenvalue weighted by Gasteiger charge is -2.37. The van der Waals surface area contributed by atoms with E-state index in [9.17, 15) is 22.7 Å². The van der Waals surface area contributed by atoms with Gasteiger partial charge in [-0.15, -0.1) is 18.3 Å². The van der Waals surface area contributed by atoms with Crippen molar-refractivity contribution in [1.29, 1.82) is 0 Å². The van der Waals surface area contributed by atoms with E-state index in [4.69, 9.17) is 0 Å². The zero-order valence-electron chi connectivity index (χ0n) is 20.1. The Hall–Kier alpha value is -3.58. The van der Waals surface area contributed by atoms with Crippen LogP contribution in [0.2, 0.25) is 0 Å². The number of fused-ring (bicyclic) bond motifs is 2. The van der Waals surface area contributed by atoms with Crippen LogP contribution in [0.4, 0.5) is 23.5 Å². The van der Waals surface area contributed by atoms with Gasteiger partial charge >= 0.3 is 6.36 Å². The number of aromatic nitrogens is 5. The first-order valence-corrected chi connectivity index (χ1v) is 11.7. The molecule has 1 fully saturated rings. The Kier molecular flexibility index (Phi) is 6.36. The van der Waals surface area contributed by atoms with Crippen LogP contribution in [0.25, 0.3) is 27.7 Å². The van der Waals surface area contributed by atoms with Gasteiger partial charge in [0.05, 0.1) is 22.7 Å². The fraction of sp³-hybridized carbons (Fsp3) is 0.417. The van der Waals surface area contributed by atoms with Gasteiger partial charge in [0.2, 0.25) is 5.95 Å². The molecule has 37 heavy (non-hydrogen) atoms. The lowest BCUT2D eigenvalue weighted by atomic mass is 10.0. The average Bonchev–Trinajstić information content (AvgIpc) is 3.23. The first kappa shape index (κ1) is 25.1. The Labute approximate surface area is 209 Å². The third-order valence-corrected chi connectivity index (χ3v) is 6.02. The smallest absolute Gasteiger partial charge is 0.389 e. The highest BCUT2D eigenvalue weighted by Crippen LogP contribution is 2.35. The highest BCUT2D eigenvalue weighted by Gasteiger charge is 2.35. The van der Waals surface area contributed by atoms with Crippen molar-refractivity contribution in [3.63, 3.8) is 0 Å². The van der Waals surface area contributed by atoms with Gasteiger partial charge in [-0.3, -0.25) is 14.9 Å². The molecule has 0 radical (unpaired) electrons. The quantitative estimate of drug-likeness (QED) is 0.371. The third kappa shape index (κ3) is 5.72. The fourth-order valence-corrected chi connectivity index (χ4v) is 4.58. The number of nitrogens with one attached hydrogen (secondary N) is 1. The summed E-state index contributed by atoms with van der Waals surface area (Å²) in [6.45, 7) is 4.15. The van der Waals surface area contributed by atoms with Crippen LogP contribution in [0.3, 0.4) is 0 Å². The first-order valence-electron chi connectivity index (χ1n) is 11.7. The molecule has 2 N–H and O–H groups in total. The Balaban J connectivity index is 1.47. The summed E-state index contributed by atoms with van der Waals surface area (Å²) in [4.78, 5) is 14.2. The summed E-state index contributed by atoms with van der Waals surface area (Å²) in [6, 6.07) is 6.01. The molecule has 196 valence electrons. The molecule has 0 bridgehead atoms. The van der Waals surface area contributed by atoms with Gasteiger partial charge in [0.25, 0.3) is 5.88 Å². The molecule has 9 nitrogen and oxygen atoms in total. The number of aliphatic hydroxyl groups is 1. The van der Waals surface area contributed by atoms with E-state index in [0.29, 0.717) is 41.7 Å². The van der Waals surface area contributed by atoms with Crippen molar-refractivity contribution in [1.82, 2.24) is 29.5 Å². The maximum atomic E-state index is 14.9. The standard InChI is InChI=1S/C24H25F4N7O2/c1-23(2,36)13-34-9-6-17(16(25)12-34)31-22-32-21(37-24(26,27)28)20-15(5-10-35(20)33-22)14-3-4-18-19(11-14)30-8-7-29-18/h3-5,7-8,10-11,16-17,36H,6,9,12-13H2,1-2H3,(H,31,33)/t16-,17+/m1/s1. The van der Waals surface area contributed by atoms with Crippen LogP contribution in [-0.4, -0.2) is 78.4 Å². The lowest BCUT2D eigenvalue weighted by Crippen LogP contribution is -2.51. The van der Waals surface area contributed by atoms with Crippen molar-refractivity contribution < 1.29 is 27.4 Å². The largest absolute Gasteiger partial charge is 0.574 e. The van der Waals surface area contributed by atoms with Crippen LogP contribution in [-0.2, 0) is 0 Å². The molecule has 1 saturated heterocycles. The van der Waals surface area contributed by atoms with Gasteiger partial charge in [-0.05, 0) is 44.0 Å². The number of rotatable bonds is 6. The van der Waals surface area contributed by atoms with Gasteiger partial charge < -0.3 is 15.2 Å². The number of β-amino-alcohol motifs (C(OH)–C–C–N with tert-alkyl or cyclic N) is 1. The van der Waals surface area contributed by atoms with Gasteiger partial charge in [-0.1, -0.05) is 6.07 Å². The van der Waals surface area contributed by atoms with Crippen molar-refractivity contribution in [2.24, 2.45) is 0 Å². The lowest BCUT2D eigenvalue weighted by molar-refractivity contribution is -0.275. The predicted molar refractivity (Wildman–Crippen MR) is 128 cm³/mol. The number of anilines is 1. The summed E-state index contributed by atoms with van der Waals surface area (Å²) in [5, 5.41) is 17.1. The number of hydrogen-bond acceptors (Lipinski definition) is 8. The first-order chi connectivity index (χ1) is 17.4. The highest BCUT2D eigenvalue weighted by molar-refractivity contribution is 5.89. The van der Waals surface area contributed by atoms with Crippen LogP contribution in [0.15, 0.2) is 42.9 Å². The Morgan fingerprint density at radius 2 is 1.89 bits per heavy atom. The molecule has 0 aliphatic carbocycles. The molecule has 2 atom stereocenters. The fourth-order valence-electron chi connectivity index (χ4n) is 4.58. The second-order valence-corrected chi connectivity index (χ2v) is 9.67. The molecule has 3 aromatic heterocycles. The second-order valence-electron chi connectivity index (χ2n) is 9.67. The van der Waals surface area contributed by atoms with Crippen molar-refractivity contribution >= 4 is 22.5 Å². The number of piperidine rings is 1. The van der Waals surface area contributed by atoms with E-state index in [-0.39, 0.29) is 18.0 Å². The summed E-state index contributed by atoms with van der Waals surface area (Å²) in [5.41, 5.74) is 1.22. The number of likely N-dealkylation sites (tertiary alicyclic amines) is 1. The molecule has 0 amide bonds. The summed E-state index contributed by atoms with van der Waals surface area (Å²) < 4.78 is 60.4. The second kappa shape index (κ2) is 9.38. The maximum absolute atomic E-state index is 14.9. The molecule has 1 aliphatic rings. The molecule has 1 aliphatic heterocycles. The van der Waals surface area contributed by atoms with Gasteiger partial charge in [0, 0.05) is 43.8 Å². The number of halogens is 4. The molecule has 4 heterocycles. The third-order valence-electron chi connectivity index (χ3n) is 6.02. The molecule has 1 aromatic carbocycles. The number of ether oxygens (including phenoxy) is 1.